The number of halogens is 9. The van der Waals surface area contributed by atoms with Gasteiger partial charge in [0.05, 0.1) is 0 Å². The number of rotatable bonds is 10. The van der Waals surface area contributed by atoms with Crippen molar-refractivity contribution in [2.45, 2.75) is 21.9 Å². The lowest BCUT2D eigenvalue weighted by molar-refractivity contribution is -0.251. The Balaban J connectivity index is 2.31. The third-order valence-corrected chi connectivity index (χ3v) is 8.18. The Hall–Kier alpha value is -2.63. The van der Waals surface area contributed by atoms with E-state index in [4.69, 9.17) is 0 Å². The van der Waals surface area contributed by atoms with E-state index >= 15 is 0 Å². The molecule has 0 saturated carbocycles. The Kier molecular flexibility index (Phi) is 7.43. The van der Waals surface area contributed by atoms with E-state index in [0.29, 0.717) is 5.56 Å². The van der Waals surface area contributed by atoms with Crippen LogP contribution in [0.1, 0.15) is 0 Å². The Morgan fingerprint density at radius 2 is 1.31 bits per heavy atom. The van der Waals surface area contributed by atoms with Gasteiger partial charge in [0.1, 0.15) is 5.82 Å². The van der Waals surface area contributed by atoms with Crippen molar-refractivity contribution in [3.05, 3.63) is 36.7 Å². The molecule has 0 bridgehead atoms. The number of aromatic amines is 1. The molecule has 23 heteroatoms. The number of nitrogens with one attached hydrogen (secondary N) is 2. The Labute approximate surface area is 194 Å². The second kappa shape index (κ2) is 9.04. The van der Waals surface area contributed by atoms with E-state index in [1.54, 1.807) is 0 Å². The third kappa shape index (κ3) is 5.09. The van der Waals surface area contributed by atoms with Crippen LogP contribution in [-0.2, 0) is 34.5 Å². The van der Waals surface area contributed by atoms with Crippen LogP contribution in [0.2, 0.25) is 0 Å². The van der Waals surface area contributed by atoms with Crippen LogP contribution in [0.5, 0.6) is 5.75 Å². The summed E-state index contributed by atoms with van der Waals surface area (Å²) in [4.78, 5) is 10.3. The van der Waals surface area contributed by atoms with E-state index in [1.165, 1.54) is 12.4 Å². The average Bonchev–Trinajstić information content (AvgIpc) is 3.25. The molecule has 1 aromatic carbocycles. The van der Waals surface area contributed by atoms with Crippen LogP contribution in [0.15, 0.2) is 36.7 Å². The summed E-state index contributed by atoms with van der Waals surface area (Å²) in [7, 11) is -22.6. The predicted molar refractivity (Wildman–Crippen MR) is 96.5 cm³/mol. The zero-order valence-electron chi connectivity index (χ0n) is 16.3. The van der Waals surface area contributed by atoms with Crippen molar-refractivity contribution in [1.82, 2.24) is 14.1 Å². The number of alkyl halides is 9. The minimum Gasteiger partial charge on any atom is -0.345 e. The molecule has 0 unspecified atom stereocenters. The molecule has 2 N–H and O–H groups in total. The zero-order valence-corrected chi connectivity index (χ0v) is 18.8. The lowest BCUT2D eigenvalue weighted by Gasteiger charge is -2.30. The summed E-state index contributed by atoms with van der Waals surface area (Å²) in [6, 6.07) is 3.80. The van der Waals surface area contributed by atoms with E-state index in [1.807, 2.05) is 0 Å². The van der Waals surface area contributed by atoms with Crippen molar-refractivity contribution in [3.8, 4) is 17.1 Å². The minimum absolute atomic E-state index is 0.242. The monoisotopic (exact) mass is 601 g/mol. The first kappa shape index (κ1) is 29.6. The molecule has 0 aliphatic carbocycles. The molecule has 0 aliphatic heterocycles. The summed E-state index contributed by atoms with van der Waals surface area (Å²) in [5.41, 5.74) is -6.39. The van der Waals surface area contributed by atoms with Crippen LogP contribution in [-0.4, -0.2) is 57.2 Å². The van der Waals surface area contributed by atoms with Gasteiger partial charge >= 0.3 is 42.1 Å². The Morgan fingerprint density at radius 3 is 1.75 bits per heavy atom. The molecule has 0 spiro atoms. The van der Waals surface area contributed by atoms with Gasteiger partial charge < -0.3 is 9.87 Å². The van der Waals surface area contributed by atoms with E-state index in [9.17, 15) is 64.8 Å². The minimum atomic E-state index is -7.89. The highest BCUT2D eigenvalue weighted by molar-refractivity contribution is 8.05. The molecule has 0 aliphatic rings. The van der Waals surface area contributed by atoms with E-state index in [-0.39, 0.29) is 5.82 Å². The van der Waals surface area contributed by atoms with E-state index in [2.05, 4.69) is 19.2 Å². The van der Waals surface area contributed by atoms with Crippen molar-refractivity contribution in [1.29, 1.82) is 0 Å². The molecule has 0 saturated heterocycles. The average molecular weight is 601 g/mol. The molecular weight excluding hydrogens is 593 g/mol. The summed E-state index contributed by atoms with van der Waals surface area (Å²) in [6.07, 6.45) is 2.71. The van der Waals surface area contributed by atoms with Gasteiger partial charge in [0.2, 0.25) is 0 Å². The van der Waals surface area contributed by atoms with Gasteiger partial charge in [-0.3, -0.25) is 0 Å². The molecule has 2 rings (SSSR count). The first-order chi connectivity index (χ1) is 16.0. The summed E-state index contributed by atoms with van der Waals surface area (Å²) in [5.74, 6) is -8.19. The number of aromatic nitrogens is 2. The molecule has 1 aromatic heterocycles. The van der Waals surface area contributed by atoms with Crippen molar-refractivity contribution < 1.29 is 74.0 Å². The fourth-order valence-electron chi connectivity index (χ4n) is 1.96. The molecular formula is C13H8F9N3O8S3. The Morgan fingerprint density at radius 1 is 0.778 bits per heavy atom. The number of hydrogen-bond acceptors (Lipinski definition) is 9. The normalized spacial score (nSPS) is 14.6. The molecule has 36 heavy (non-hydrogen) atoms. The summed E-state index contributed by atoms with van der Waals surface area (Å²) in [5, 5.41) is -14.7. The van der Waals surface area contributed by atoms with Gasteiger partial charge in [-0.05, 0) is 28.6 Å². The first-order valence-electron chi connectivity index (χ1n) is 8.18. The van der Waals surface area contributed by atoms with E-state index in [0.717, 1.165) is 24.3 Å². The molecule has 2 aromatic rings. The standard InChI is InChI=1S/C13H8F9N3O8S3/c14-10(15,11(16,17)34(26,27)25-35(28,29)13(20,21)22)12(18,19)36(30,31)33-32-8-3-1-7(2-4-8)9-23-5-6-24-9/h1-6,25H,(H,23,24). The number of imidazole rings is 1. The van der Waals surface area contributed by atoms with Crippen molar-refractivity contribution >= 4 is 30.2 Å². The fourth-order valence-corrected chi connectivity index (χ4v) is 5.14. The van der Waals surface area contributed by atoms with Crippen LogP contribution < -0.4 is 9.01 Å². The maximum Gasteiger partial charge on any atom is 0.512 e. The summed E-state index contributed by atoms with van der Waals surface area (Å²) >= 11 is 0. The molecule has 0 amide bonds. The maximum absolute atomic E-state index is 13.9. The van der Waals surface area contributed by atoms with Gasteiger partial charge in [0, 0.05) is 18.0 Å². The number of sulfonamides is 2. The SMILES string of the molecule is O=S(=O)(NS(=O)(=O)C(F)(F)C(F)(F)C(F)(F)S(=O)(=O)OOc1ccc(-c2ncc[nH]2)cc1)C(F)(F)F. The highest BCUT2D eigenvalue weighted by Crippen LogP contribution is 2.51. The van der Waals surface area contributed by atoms with Crippen LogP contribution in [0, 0.1) is 0 Å². The fraction of sp³-hybridized carbons (Fsp3) is 0.308. The van der Waals surface area contributed by atoms with Gasteiger partial charge in [0.15, 0.2) is 5.75 Å². The molecule has 0 radical (unpaired) electrons. The Bertz CT molecular complexity index is 1410. The highest BCUT2D eigenvalue weighted by atomic mass is 32.3. The van der Waals surface area contributed by atoms with E-state index < -0.39 is 62.0 Å². The zero-order chi connectivity index (χ0) is 28.0. The molecule has 204 valence electrons. The van der Waals surface area contributed by atoms with Gasteiger partial charge in [-0.15, -0.1) is 0 Å². The van der Waals surface area contributed by atoms with Crippen LogP contribution in [0.25, 0.3) is 11.4 Å². The second-order valence-corrected chi connectivity index (χ2v) is 11.4. The number of H-pyrrole nitrogens is 1. The third-order valence-electron chi connectivity index (χ3n) is 3.75. The molecule has 0 fully saturated rings. The van der Waals surface area contributed by atoms with Crippen molar-refractivity contribution in [2.75, 3.05) is 0 Å². The van der Waals surface area contributed by atoms with Crippen LogP contribution >= 0.6 is 0 Å². The van der Waals surface area contributed by atoms with Crippen molar-refractivity contribution in [3.63, 3.8) is 0 Å². The van der Waals surface area contributed by atoms with Crippen LogP contribution in [0.3, 0.4) is 0 Å². The number of hydrogen-bond donors (Lipinski definition) is 2. The smallest absolute Gasteiger partial charge is 0.345 e. The van der Waals surface area contributed by atoms with Gasteiger partial charge in [-0.2, -0.15) is 47.9 Å². The molecule has 11 nitrogen and oxygen atoms in total. The first-order valence-corrected chi connectivity index (χ1v) is 12.6. The maximum atomic E-state index is 13.9. The second-order valence-electron chi connectivity index (χ2n) is 6.21. The number of benzene rings is 1. The van der Waals surface area contributed by atoms with Gasteiger partial charge in [0.25, 0.3) is 10.0 Å². The van der Waals surface area contributed by atoms with Crippen LogP contribution in [0.4, 0.5) is 39.5 Å². The quantitative estimate of drug-likeness (QED) is 0.237. The van der Waals surface area contributed by atoms with Gasteiger partial charge in [-0.25, -0.2) is 21.8 Å². The largest absolute Gasteiger partial charge is 0.512 e. The topological polar surface area (TPSA) is 162 Å². The molecule has 0 atom stereocenters. The summed E-state index contributed by atoms with van der Waals surface area (Å²) < 4.78 is 189. The van der Waals surface area contributed by atoms with Crippen molar-refractivity contribution in [2.24, 2.45) is 0 Å². The molecule has 1 heterocycles. The lowest BCUT2D eigenvalue weighted by Crippen LogP contribution is -2.63. The summed E-state index contributed by atoms with van der Waals surface area (Å²) in [6.45, 7) is 0. The number of nitrogens with zero attached hydrogens (tertiary/aromatic N) is 1. The van der Waals surface area contributed by atoms with Gasteiger partial charge in [-0.1, -0.05) is 4.13 Å². The predicted octanol–water partition coefficient (Wildman–Crippen LogP) is 2.31. The highest BCUT2D eigenvalue weighted by Gasteiger charge is 2.83. The lowest BCUT2D eigenvalue weighted by atomic mass is 10.2.